The average Bonchev–Trinajstić information content (AvgIpc) is 2.59. The minimum absolute atomic E-state index is 0. The van der Waals surface area contributed by atoms with E-state index < -0.39 is 0 Å². The first-order chi connectivity index (χ1) is 11.4. The number of guanidine groups is 1. The Balaban J connectivity index is 0.00000529. The maximum absolute atomic E-state index is 5.65. The van der Waals surface area contributed by atoms with Crippen LogP contribution in [0.25, 0.3) is 0 Å². The van der Waals surface area contributed by atoms with Crippen LogP contribution >= 0.6 is 24.0 Å². The number of hydrogen-bond donors (Lipinski definition) is 2. The van der Waals surface area contributed by atoms with E-state index in [2.05, 4.69) is 22.5 Å². The lowest BCUT2D eigenvalue weighted by Crippen LogP contribution is -2.38. The molecule has 2 N–H and O–H groups in total. The van der Waals surface area contributed by atoms with E-state index in [0.717, 1.165) is 57.3 Å². The van der Waals surface area contributed by atoms with Crippen molar-refractivity contribution in [2.45, 2.75) is 32.6 Å². The summed E-state index contributed by atoms with van der Waals surface area (Å²) in [5, 5.41) is 6.57. The Hall–Kier alpha value is -1.02. The Bertz CT molecular complexity index is 416. The highest BCUT2D eigenvalue weighted by molar-refractivity contribution is 14.0. The molecule has 0 aromatic heterocycles. The molecule has 0 aliphatic carbocycles. The number of nitrogens with one attached hydrogen (secondary N) is 2. The summed E-state index contributed by atoms with van der Waals surface area (Å²) in [6, 6.07) is 9.88. The lowest BCUT2D eigenvalue weighted by molar-refractivity contribution is 0.129. The van der Waals surface area contributed by atoms with Crippen LogP contribution in [0.2, 0.25) is 0 Å². The van der Waals surface area contributed by atoms with Crippen LogP contribution in [0, 0.1) is 0 Å². The maximum atomic E-state index is 5.65. The summed E-state index contributed by atoms with van der Waals surface area (Å²) in [4.78, 5) is 4.20. The largest absolute Gasteiger partial charge is 0.494 e. The number of rotatable bonds is 12. The van der Waals surface area contributed by atoms with Crippen molar-refractivity contribution in [1.82, 2.24) is 10.6 Å². The summed E-state index contributed by atoms with van der Waals surface area (Å²) < 4.78 is 11.2. The van der Waals surface area contributed by atoms with Crippen LogP contribution in [0.15, 0.2) is 35.3 Å². The van der Waals surface area contributed by atoms with Crippen LogP contribution in [0.4, 0.5) is 0 Å². The normalized spacial score (nSPS) is 10.8. The number of ether oxygens (including phenoxy) is 2. The Morgan fingerprint density at radius 2 is 1.58 bits per heavy atom. The second-order valence-electron chi connectivity index (χ2n) is 5.26. The molecule has 0 atom stereocenters. The number of hydrogen-bond acceptors (Lipinski definition) is 3. The van der Waals surface area contributed by atoms with E-state index in [1.165, 1.54) is 6.42 Å². The molecular formula is C18H32IN3O2. The summed E-state index contributed by atoms with van der Waals surface area (Å²) in [6.45, 7) is 6.23. The Kier molecular flexibility index (Phi) is 16.1. The summed E-state index contributed by atoms with van der Waals surface area (Å²) in [5.74, 6) is 1.75. The number of benzene rings is 1. The average molecular weight is 449 g/mol. The van der Waals surface area contributed by atoms with E-state index in [0.29, 0.717) is 6.61 Å². The van der Waals surface area contributed by atoms with Gasteiger partial charge in [0, 0.05) is 33.4 Å². The van der Waals surface area contributed by atoms with Gasteiger partial charge in [-0.2, -0.15) is 0 Å². The molecule has 0 unspecified atom stereocenters. The zero-order chi connectivity index (χ0) is 16.6. The van der Waals surface area contributed by atoms with E-state index in [4.69, 9.17) is 9.47 Å². The topological polar surface area (TPSA) is 54.9 Å². The molecule has 0 radical (unpaired) electrons. The zero-order valence-electron chi connectivity index (χ0n) is 14.9. The fourth-order valence-electron chi connectivity index (χ4n) is 1.94. The predicted octanol–water partition coefficient (Wildman–Crippen LogP) is 3.45. The molecule has 1 aromatic carbocycles. The Morgan fingerprint density at radius 3 is 2.21 bits per heavy atom. The fraction of sp³-hybridized carbons (Fsp3) is 0.611. The van der Waals surface area contributed by atoms with E-state index in [9.17, 15) is 0 Å². The highest BCUT2D eigenvalue weighted by Gasteiger charge is 1.97. The third-order valence-electron chi connectivity index (χ3n) is 3.25. The SMILES string of the molecule is CCCCOCCCNC(=NC)NCCCOc1ccccc1.I. The summed E-state index contributed by atoms with van der Waals surface area (Å²) >= 11 is 0. The molecule has 0 spiro atoms. The van der Waals surface area contributed by atoms with Gasteiger partial charge in [-0.1, -0.05) is 31.5 Å². The van der Waals surface area contributed by atoms with Gasteiger partial charge in [0.2, 0.25) is 0 Å². The summed E-state index contributed by atoms with van der Waals surface area (Å²) in [6.07, 6.45) is 4.24. The van der Waals surface area contributed by atoms with Crippen molar-refractivity contribution in [2.24, 2.45) is 4.99 Å². The van der Waals surface area contributed by atoms with E-state index in [1.54, 1.807) is 7.05 Å². The van der Waals surface area contributed by atoms with Gasteiger partial charge in [-0.15, -0.1) is 24.0 Å². The van der Waals surface area contributed by atoms with Gasteiger partial charge in [-0.3, -0.25) is 4.99 Å². The number of halogens is 1. The van der Waals surface area contributed by atoms with Crippen molar-refractivity contribution in [3.8, 4) is 5.75 Å². The van der Waals surface area contributed by atoms with Gasteiger partial charge in [0.05, 0.1) is 6.61 Å². The second kappa shape index (κ2) is 16.8. The highest BCUT2D eigenvalue weighted by Crippen LogP contribution is 2.07. The van der Waals surface area contributed by atoms with Crippen LogP contribution in [0.5, 0.6) is 5.75 Å². The van der Waals surface area contributed by atoms with E-state index in [-0.39, 0.29) is 24.0 Å². The molecule has 138 valence electrons. The van der Waals surface area contributed by atoms with Gasteiger partial charge in [0.25, 0.3) is 0 Å². The third kappa shape index (κ3) is 12.4. The molecule has 0 saturated heterocycles. The molecule has 0 heterocycles. The fourth-order valence-corrected chi connectivity index (χ4v) is 1.94. The molecule has 0 bridgehead atoms. The molecule has 24 heavy (non-hydrogen) atoms. The zero-order valence-corrected chi connectivity index (χ0v) is 17.3. The molecule has 1 rings (SSSR count). The van der Waals surface area contributed by atoms with Crippen molar-refractivity contribution in [3.05, 3.63) is 30.3 Å². The van der Waals surface area contributed by atoms with Gasteiger partial charge >= 0.3 is 0 Å². The van der Waals surface area contributed by atoms with E-state index in [1.807, 2.05) is 30.3 Å². The van der Waals surface area contributed by atoms with Crippen molar-refractivity contribution in [1.29, 1.82) is 0 Å². The van der Waals surface area contributed by atoms with Crippen LogP contribution in [-0.4, -0.2) is 45.9 Å². The van der Waals surface area contributed by atoms with Gasteiger partial charge in [0.15, 0.2) is 5.96 Å². The lowest BCUT2D eigenvalue weighted by Gasteiger charge is -2.12. The highest BCUT2D eigenvalue weighted by atomic mass is 127. The lowest BCUT2D eigenvalue weighted by atomic mass is 10.3. The molecule has 0 saturated carbocycles. The molecule has 0 fully saturated rings. The monoisotopic (exact) mass is 449 g/mol. The second-order valence-corrected chi connectivity index (χ2v) is 5.26. The Labute approximate surface area is 163 Å². The number of nitrogens with zero attached hydrogens (tertiary/aromatic N) is 1. The van der Waals surface area contributed by atoms with Crippen LogP contribution in [0.3, 0.4) is 0 Å². The third-order valence-corrected chi connectivity index (χ3v) is 3.25. The standard InChI is InChI=1S/C18H31N3O2.HI/c1-3-4-14-22-15-8-12-20-18(19-2)21-13-9-16-23-17-10-6-5-7-11-17;/h5-7,10-11H,3-4,8-9,12-16H2,1-2H3,(H2,19,20,21);1H. The molecule has 1 aromatic rings. The smallest absolute Gasteiger partial charge is 0.190 e. The van der Waals surface area contributed by atoms with Gasteiger partial charge in [-0.05, 0) is 31.4 Å². The number of aliphatic imine (C=N–C) groups is 1. The first-order valence-corrected chi connectivity index (χ1v) is 8.57. The number of para-hydroxylation sites is 1. The molecule has 0 aliphatic rings. The van der Waals surface area contributed by atoms with E-state index >= 15 is 0 Å². The molecule has 0 aliphatic heterocycles. The Morgan fingerprint density at radius 1 is 0.958 bits per heavy atom. The quantitative estimate of drug-likeness (QED) is 0.222. The minimum atomic E-state index is 0. The summed E-state index contributed by atoms with van der Waals surface area (Å²) in [5.41, 5.74) is 0. The molecule has 5 nitrogen and oxygen atoms in total. The molecule has 0 amide bonds. The summed E-state index contributed by atoms with van der Waals surface area (Å²) in [7, 11) is 1.79. The predicted molar refractivity (Wildman–Crippen MR) is 112 cm³/mol. The number of unbranched alkanes of at least 4 members (excludes halogenated alkanes) is 1. The molecule has 6 heteroatoms. The van der Waals surface area contributed by atoms with Crippen molar-refractivity contribution in [3.63, 3.8) is 0 Å². The van der Waals surface area contributed by atoms with Crippen molar-refractivity contribution >= 4 is 29.9 Å². The van der Waals surface area contributed by atoms with Gasteiger partial charge < -0.3 is 20.1 Å². The van der Waals surface area contributed by atoms with Crippen molar-refractivity contribution in [2.75, 3.05) is 40.0 Å². The first kappa shape index (κ1) is 23.0. The maximum Gasteiger partial charge on any atom is 0.190 e. The van der Waals surface area contributed by atoms with Gasteiger partial charge in [-0.25, -0.2) is 0 Å². The van der Waals surface area contributed by atoms with Crippen LogP contribution < -0.4 is 15.4 Å². The van der Waals surface area contributed by atoms with Gasteiger partial charge in [0.1, 0.15) is 5.75 Å². The van der Waals surface area contributed by atoms with Crippen LogP contribution in [-0.2, 0) is 4.74 Å². The first-order valence-electron chi connectivity index (χ1n) is 8.57. The van der Waals surface area contributed by atoms with Crippen LogP contribution in [0.1, 0.15) is 32.6 Å². The minimum Gasteiger partial charge on any atom is -0.494 e. The molecular weight excluding hydrogens is 417 g/mol. The van der Waals surface area contributed by atoms with Crippen molar-refractivity contribution < 1.29 is 9.47 Å².